The molecule has 25 heavy (non-hydrogen) atoms. The van der Waals surface area contributed by atoms with Crippen LogP contribution in [-0.2, 0) is 6.54 Å². The topological polar surface area (TPSA) is 72.6 Å². The van der Waals surface area contributed by atoms with Crippen LogP contribution in [0.1, 0.15) is 21.6 Å². The number of aromatic nitrogens is 1. The Labute approximate surface area is 144 Å². The molecule has 128 valence electrons. The predicted octanol–water partition coefficient (Wildman–Crippen LogP) is 3.14. The van der Waals surface area contributed by atoms with E-state index >= 15 is 0 Å². The number of hydrogen-bond donors (Lipinski definition) is 2. The van der Waals surface area contributed by atoms with Crippen molar-refractivity contribution in [2.75, 3.05) is 13.9 Å². The molecule has 0 bridgehead atoms. The van der Waals surface area contributed by atoms with Crippen LogP contribution < -0.4 is 19.5 Å². The Bertz CT molecular complexity index is 961. The zero-order chi connectivity index (χ0) is 17.4. The SMILES string of the molecule is COc1ccc2[nH]c(C(=O)NCc3ccc4c(c3)OCO4)c(C)c2c1. The van der Waals surface area contributed by atoms with Crippen molar-refractivity contribution < 1.29 is 19.0 Å². The summed E-state index contributed by atoms with van der Waals surface area (Å²) in [4.78, 5) is 15.7. The van der Waals surface area contributed by atoms with Crippen LogP contribution in [0.15, 0.2) is 36.4 Å². The molecule has 6 nitrogen and oxygen atoms in total. The summed E-state index contributed by atoms with van der Waals surface area (Å²) in [6.07, 6.45) is 0. The lowest BCUT2D eigenvalue weighted by atomic mass is 10.1. The minimum Gasteiger partial charge on any atom is -0.497 e. The van der Waals surface area contributed by atoms with Crippen molar-refractivity contribution >= 4 is 16.8 Å². The molecule has 0 atom stereocenters. The van der Waals surface area contributed by atoms with Gasteiger partial charge in [-0.25, -0.2) is 0 Å². The number of amides is 1. The van der Waals surface area contributed by atoms with E-state index < -0.39 is 0 Å². The van der Waals surface area contributed by atoms with Gasteiger partial charge in [0.25, 0.3) is 5.91 Å². The van der Waals surface area contributed by atoms with Gasteiger partial charge in [-0.1, -0.05) is 6.07 Å². The highest BCUT2D eigenvalue weighted by atomic mass is 16.7. The molecule has 2 N–H and O–H groups in total. The molecule has 3 aromatic rings. The molecule has 0 fully saturated rings. The largest absolute Gasteiger partial charge is 0.497 e. The van der Waals surface area contributed by atoms with Gasteiger partial charge < -0.3 is 24.5 Å². The molecule has 0 spiro atoms. The van der Waals surface area contributed by atoms with Gasteiger partial charge in [-0.15, -0.1) is 0 Å². The van der Waals surface area contributed by atoms with E-state index in [1.807, 2.05) is 43.3 Å². The number of aromatic amines is 1. The molecule has 1 amide bonds. The van der Waals surface area contributed by atoms with Gasteiger partial charge in [-0.2, -0.15) is 0 Å². The molecular formula is C19H18N2O4. The fourth-order valence-corrected chi connectivity index (χ4v) is 2.98. The van der Waals surface area contributed by atoms with Crippen LogP contribution in [-0.4, -0.2) is 24.8 Å². The molecular weight excluding hydrogens is 320 g/mol. The molecule has 2 aromatic carbocycles. The second-order valence-corrected chi connectivity index (χ2v) is 5.91. The average Bonchev–Trinajstić information content (AvgIpc) is 3.23. The monoisotopic (exact) mass is 338 g/mol. The summed E-state index contributed by atoms with van der Waals surface area (Å²) in [5.74, 6) is 2.06. The fourth-order valence-electron chi connectivity index (χ4n) is 2.98. The zero-order valence-electron chi connectivity index (χ0n) is 14.0. The van der Waals surface area contributed by atoms with Gasteiger partial charge in [0.15, 0.2) is 11.5 Å². The highest BCUT2D eigenvalue weighted by Crippen LogP contribution is 2.32. The summed E-state index contributed by atoms with van der Waals surface area (Å²) in [6.45, 7) is 2.57. The van der Waals surface area contributed by atoms with Gasteiger partial charge in [0.2, 0.25) is 6.79 Å². The van der Waals surface area contributed by atoms with Crippen LogP contribution in [0.25, 0.3) is 10.9 Å². The van der Waals surface area contributed by atoms with Crippen molar-refractivity contribution in [2.24, 2.45) is 0 Å². The van der Waals surface area contributed by atoms with Crippen molar-refractivity contribution in [3.05, 3.63) is 53.2 Å². The van der Waals surface area contributed by atoms with E-state index in [0.29, 0.717) is 18.0 Å². The molecule has 2 heterocycles. The number of methoxy groups -OCH3 is 1. The number of hydrogen-bond acceptors (Lipinski definition) is 4. The van der Waals surface area contributed by atoms with Gasteiger partial charge >= 0.3 is 0 Å². The summed E-state index contributed by atoms with van der Waals surface area (Å²) in [5, 5.41) is 3.92. The molecule has 1 aliphatic rings. The first-order valence-corrected chi connectivity index (χ1v) is 7.99. The van der Waals surface area contributed by atoms with E-state index in [1.165, 1.54) is 0 Å². The standard InChI is InChI=1S/C19H18N2O4/c1-11-14-8-13(23-2)4-5-15(14)21-18(11)19(22)20-9-12-3-6-16-17(7-12)25-10-24-16/h3-8,21H,9-10H2,1-2H3,(H,20,22). The Morgan fingerprint density at radius 3 is 2.88 bits per heavy atom. The number of H-pyrrole nitrogens is 1. The summed E-state index contributed by atoms with van der Waals surface area (Å²) >= 11 is 0. The lowest BCUT2D eigenvalue weighted by Crippen LogP contribution is -2.23. The third kappa shape index (κ3) is 2.76. The van der Waals surface area contributed by atoms with E-state index in [-0.39, 0.29) is 12.7 Å². The third-order valence-electron chi connectivity index (χ3n) is 4.38. The van der Waals surface area contributed by atoms with E-state index in [4.69, 9.17) is 14.2 Å². The predicted molar refractivity (Wildman–Crippen MR) is 93.3 cm³/mol. The number of ether oxygens (including phenoxy) is 3. The normalized spacial score (nSPS) is 12.4. The Morgan fingerprint density at radius 2 is 2.04 bits per heavy atom. The number of rotatable bonds is 4. The molecule has 6 heteroatoms. The summed E-state index contributed by atoms with van der Waals surface area (Å²) in [7, 11) is 1.63. The number of nitrogens with one attached hydrogen (secondary N) is 2. The van der Waals surface area contributed by atoms with Crippen LogP contribution in [0.4, 0.5) is 0 Å². The van der Waals surface area contributed by atoms with Gasteiger partial charge in [0, 0.05) is 17.4 Å². The van der Waals surface area contributed by atoms with Crippen molar-refractivity contribution in [1.29, 1.82) is 0 Å². The fraction of sp³-hybridized carbons (Fsp3) is 0.211. The third-order valence-corrected chi connectivity index (χ3v) is 4.38. The number of benzene rings is 2. The minimum absolute atomic E-state index is 0.148. The van der Waals surface area contributed by atoms with E-state index in [9.17, 15) is 4.79 Å². The van der Waals surface area contributed by atoms with Crippen molar-refractivity contribution in [1.82, 2.24) is 10.3 Å². The Hall–Kier alpha value is -3.15. The molecule has 0 saturated heterocycles. The Kier molecular flexibility index (Phi) is 3.72. The Balaban J connectivity index is 1.53. The second-order valence-electron chi connectivity index (χ2n) is 5.91. The molecule has 0 aliphatic carbocycles. The molecule has 0 radical (unpaired) electrons. The molecule has 1 aromatic heterocycles. The summed E-state index contributed by atoms with van der Waals surface area (Å²) in [5.41, 5.74) is 3.32. The maximum atomic E-state index is 12.6. The van der Waals surface area contributed by atoms with Crippen LogP contribution in [0.5, 0.6) is 17.2 Å². The summed E-state index contributed by atoms with van der Waals surface area (Å²) in [6, 6.07) is 11.4. The second kappa shape index (κ2) is 6.05. The van der Waals surface area contributed by atoms with E-state index in [2.05, 4.69) is 10.3 Å². The van der Waals surface area contributed by atoms with Gasteiger partial charge in [0.1, 0.15) is 11.4 Å². The number of aryl methyl sites for hydroxylation is 1. The maximum Gasteiger partial charge on any atom is 0.268 e. The van der Waals surface area contributed by atoms with Crippen molar-refractivity contribution in [2.45, 2.75) is 13.5 Å². The van der Waals surface area contributed by atoms with Crippen LogP contribution in [0.2, 0.25) is 0 Å². The lowest BCUT2D eigenvalue weighted by molar-refractivity contribution is 0.0946. The van der Waals surface area contributed by atoms with E-state index in [0.717, 1.165) is 33.5 Å². The van der Waals surface area contributed by atoms with Crippen LogP contribution in [0, 0.1) is 6.92 Å². The first-order valence-electron chi connectivity index (χ1n) is 7.99. The van der Waals surface area contributed by atoms with Crippen LogP contribution >= 0.6 is 0 Å². The zero-order valence-corrected chi connectivity index (χ0v) is 14.0. The van der Waals surface area contributed by atoms with Crippen molar-refractivity contribution in [3.63, 3.8) is 0 Å². The number of carbonyl (C=O) groups is 1. The molecule has 4 rings (SSSR count). The van der Waals surface area contributed by atoms with Gasteiger partial charge in [-0.3, -0.25) is 4.79 Å². The molecule has 0 unspecified atom stereocenters. The van der Waals surface area contributed by atoms with Crippen LogP contribution in [0.3, 0.4) is 0 Å². The lowest BCUT2D eigenvalue weighted by Gasteiger charge is -2.06. The average molecular weight is 338 g/mol. The first kappa shape index (κ1) is 15.4. The molecule has 1 aliphatic heterocycles. The highest BCUT2D eigenvalue weighted by molar-refractivity contribution is 6.01. The van der Waals surface area contributed by atoms with Gasteiger partial charge in [-0.05, 0) is 48.4 Å². The number of carbonyl (C=O) groups excluding carboxylic acids is 1. The first-order chi connectivity index (χ1) is 12.2. The highest BCUT2D eigenvalue weighted by Gasteiger charge is 2.16. The summed E-state index contributed by atoms with van der Waals surface area (Å²) < 4.78 is 15.9. The Morgan fingerprint density at radius 1 is 1.20 bits per heavy atom. The minimum atomic E-state index is -0.148. The quantitative estimate of drug-likeness (QED) is 0.766. The van der Waals surface area contributed by atoms with Crippen molar-refractivity contribution in [3.8, 4) is 17.2 Å². The maximum absolute atomic E-state index is 12.6. The number of fused-ring (bicyclic) bond motifs is 2. The van der Waals surface area contributed by atoms with E-state index in [1.54, 1.807) is 7.11 Å². The smallest absolute Gasteiger partial charge is 0.268 e. The van der Waals surface area contributed by atoms with Gasteiger partial charge in [0.05, 0.1) is 7.11 Å². The molecule has 0 saturated carbocycles.